The number of pyridine rings is 1. The van der Waals surface area contributed by atoms with E-state index in [9.17, 15) is 29.3 Å². The minimum Gasteiger partial charge on any atom is -0.353 e. The molecule has 1 fully saturated rings. The smallest absolute Gasteiger partial charge is 0.328 e. The van der Waals surface area contributed by atoms with Crippen molar-refractivity contribution in [2.45, 2.75) is 38.6 Å². The number of carbonyl (C=O) groups excluding carboxylic acids is 2. The number of piperazine rings is 1. The van der Waals surface area contributed by atoms with Crippen LogP contribution in [0.5, 0.6) is 0 Å². The summed E-state index contributed by atoms with van der Waals surface area (Å²) in [5.74, 6) is 0.0404. The molecule has 0 radical (unpaired) electrons. The fraction of sp³-hybridized carbons (Fsp3) is 0.500. The zero-order valence-electron chi connectivity index (χ0n) is 19.2. The van der Waals surface area contributed by atoms with E-state index in [1.54, 1.807) is 11.0 Å². The lowest BCUT2D eigenvalue weighted by molar-refractivity contribution is -0.385. The standard InChI is InChI=1S/C22H27N7O6/c30-19(7-8-28-17-4-2-1-3-16(17)21(32)25-22(28)33)24-14-20(31)27-11-9-26(10-12-27)18-6-5-15(13-23-18)29(34)35/h5-6,13H,1-4,7-12,14H2,(H,24,30)(H,25,32,33). The van der Waals surface area contributed by atoms with Crippen LogP contribution in [0.2, 0.25) is 0 Å². The number of nitro groups is 1. The summed E-state index contributed by atoms with van der Waals surface area (Å²) in [6, 6.07) is 2.98. The number of amides is 2. The highest BCUT2D eigenvalue weighted by Gasteiger charge is 2.23. The quantitative estimate of drug-likeness (QED) is 0.394. The fourth-order valence-electron chi connectivity index (χ4n) is 4.48. The first-order valence-electron chi connectivity index (χ1n) is 11.6. The Hall–Kier alpha value is -4.03. The minimum atomic E-state index is -0.514. The average molecular weight is 486 g/mol. The molecule has 1 aliphatic heterocycles. The number of H-pyrrole nitrogens is 1. The molecule has 13 nitrogen and oxygen atoms in total. The van der Waals surface area contributed by atoms with Gasteiger partial charge in [0.2, 0.25) is 11.8 Å². The Morgan fingerprint density at radius 2 is 1.86 bits per heavy atom. The molecule has 2 aromatic rings. The molecule has 0 unspecified atom stereocenters. The summed E-state index contributed by atoms with van der Waals surface area (Å²) in [5, 5.41) is 13.4. The first-order valence-corrected chi connectivity index (χ1v) is 11.6. The number of hydrogen-bond acceptors (Lipinski definition) is 8. The van der Waals surface area contributed by atoms with Crippen molar-refractivity contribution in [2.75, 3.05) is 37.6 Å². The average Bonchev–Trinajstić information content (AvgIpc) is 2.87. The zero-order chi connectivity index (χ0) is 24.9. The van der Waals surface area contributed by atoms with Crippen molar-refractivity contribution < 1.29 is 14.5 Å². The van der Waals surface area contributed by atoms with Crippen molar-refractivity contribution in [1.29, 1.82) is 0 Å². The highest BCUT2D eigenvalue weighted by Crippen LogP contribution is 2.18. The van der Waals surface area contributed by atoms with Crippen LogP contribution in [0.15, 0.2) is 27.9 Å². The summed E-state index contributed by atoms with van der Waals surface area (Å²) in [7, 11) is 0. The molecular weight excluding hydrogens is 458 g/mol. The Balaban J connectivity index is 1.24. The number of aromatic amines is 1. The molecule has 0 saturated carbocycles. The molecule has 0 bridgehead atoms. The van der Waals surface area contributed by atoms with Gasteiger partial charge in [0.15, 0.2) is 0 Å². The summed E-state index contributed by atoms with van der Waals surface area (Å²) in [5.41, 5.74) is 0.382. The third-order valence-corrected chi connectivity index (χ3v) is 6.40. The van der Waals surface area contributed by atoms with Crippen molar-refractivity contribution in [1.82, 2.24) is 24.8 Å². The number of nitrogens with zero attached hydrogens (tertiary/aromatic N) is 5. The molecule has 0 aromatic carbocycles. The van der Waals surface area contributed by atoms with Crippen LogP contribution in [0, 0.1) is 10.1 Å². The maximum Gasteiger partial charge on any atom is 0.328 e. The number of nitrogens with one attached hydrogen (secondary N) is 2. The first kappa shape index (κ1) is 24.1. The summed E-state index contributed by atoms with van der Waals surface area (Å²) < 4.78 is 1.46. The Morgan fingerprint density at radius 1 is 1.11 bits per heavy atom. The molecule has 1 saturated heterocycles. The molecule has 35 heavy (non-hydrogen) atoms. The van der Waals surface area contributed by atoms with Gasteiger partial charge in [-0.2, -0.15) is 0 Å². The molecule has 0 atom stereocenters. The number of fused-ring (bicyclic) bond motifs is 1. The van der Waals surface area contributed by atoms with Gasteiger partial charge in [0.1, 0.15) is 12.0 Å². The van der Waals surface area contributed by atoms with Crippen molar-refractivity contribution in [2.24, 2.45) is 0 Å². The Labute approximate surface area is 199 Å². The number of rotatable bonds is 7. The summed E-state index contributed by atoms with van der Waals surface area (Å²) >= 11 is 0. The summed E-state index contributed by atoms with van der Waals surface area (Å²) in [6.45, 7) is 1.90. The summed E-state index contributed by atoms with van der Waals surface area (Å²) in [4.78, 5) is 69.4. The molecule has 13 heteroatoms. The van der Waals surface area contributed by atoms with E-state index in [-0.39, 0.29) is 42.6 Å². The lowest BCUT2D eigenvalue weighted by Crippen LogP contribution is -2.51. The second-order valence-corrected chi connectivity index (χ2v) is 8.57. The largest absolute Gasteiger partial charge is 0.353 e. The van der Waals surface area contributed by atoms with Crippen LogP contribution in [0.1, 0.15) is 30.5 Å². The Morgan fingerprint density at radius 3 is 2.54 bits per heavy atom. The lowest BCUT2D eigenvalue weighted by Gasteiger charge is -2.35. The van der Waals surface area contributed by atoms with Crippen molar-refractivity contribution in [3.05, 3.63) is 60.5 Å². The van der Waals surface area contributed by atoms with Crippen molar-refractivity contribution in [3.8, 4) is 0 Å². The molecule has 2 amide bonds. The van der Waals surface area contributed by atoms with E-state index in [0.29, 0.717) is 56.1 Å². The zero-order valence-corrected chi connectivity index (χ0v) is 19.2. The monoisotopic (exact) mass is 485 g/mol. The maximum absolute atomic E-state index is 12.5. The summed E-state index contributed by atoms with van der Waals surface area (Å²) in [6.07, 6.45) is 4.28. The van der Waals surface area contributed by atoms with Crippen LogP contribution in [-0.4, -0.2) is 68.9 Å². The van der Waals surface area contributed by atoms with E-state index < -0.39 is 10.6 Å². The van der Waals surface area contributed by atoms with Crippen LogP contribution in [0.25, 0.3) is 0 Å². The Kier molecular flexibility index (Phi) is 7.22. The molecule has 0 spiro atoms. The lowest BCUT2D eigenvalue weighted by atomic mass is 9.97. The SMILES string of the molecule is O=C(CCn1c2c(c(=O)[nH]c1=O)CCCC2)NCC(=O)N1CCN(c2ccc([N+](=O)[O-])cn2)CC1. The molecule has 3 heterocycles. The molecule has 2 aromatic heterocycles. The van der Waals surface area contributed by atoms with Gasteiger partial charge in [-0.3, -0.25) is 34.0 Å². The van der Waals surface area contributed by atoms with Gasteiger partial charge in [-0.25, -0.2) is 9.78 Å². The Bertz CT molecular complexity index is 1230. The van der Waals surface area contributed by atoms with Gasteiger partial charge in [-0.1, -0.05) is 0 Å². The van der Waals surface area contributed by atoms with Gasteiger partial charge < -0.3 is 15.1 Å². The van der Waals surface area contributed by atoms with Crippen LogP contribution in [0.3, 0.4) is 0 Å². The van der Waals surface area contributed by atoms with Gasteiger partial charge in [0.25, 0.3) is 11.2 Å². The number of hydrogen-bond donors (Lipinski definition) is 2. The van der Waals surface area contributed by atoms with Gasteiger partial charge in [-0.15, -0.1) is 0 Å². The van der Waals surface area contributed by atoms with E-state index in [0.717, 1.165) is 12.8 Å². The second kappa shape index (κ2) is 10.5. The van der Waals surface area contributed by atoms with Crippen LogP contribution in [0.4, 0.5) is 11.5 Å². The highest BCUT2D eigenvalue weighted by molar-refractivity contribution is 5.84. The normalized spacial score (nSPS) is 15.4. The number of carbonyl (C=O) groups is 2. The topological polar surface area (TPSA) is 164 Å². The first-order chi connectivity index (χ1) is 16.8. The van der Waals surface area contributed by atoms with Crippen LogP contribution >= 0.6 is 0 Å². The van der Waals surface area contributed by atoms with Crippen molar-refractivity contribution in [3.63, 3.8) is 0 Å². The second-order valence-electron chi connectivity index (χ2n) is 8.57. The molecule has 186 valence electrons. The van der Waals surface area contributed by atoms with Gasteiger partial charge in [0, 0.05) is 56.5 Å². The van der Waals surface area contributed by atoms with Gasteiger partial charge in [-0.05, 0) is 31.7 Å². The van der Waals surface area contributed by atoms with Crippen LogP contribution < -0.4 is 21.5 Å². The molecule has 4 rings (SSSR count). The number of aromatic nitrogens is 3. The van der Waals surface area contributed by atoms with Gasteiger partial charge >= 0.3 is 5.69 Å². The van der Waals surface area contributed by atoms with Gasteiger partial charge in [0.05, 0.1) is 11.5 Å². The van der Waals surface area contributed by atoms with Crippen LogP contribution in [-0.2, 0) is 29.0 Å². The van der Waals surface area contributed by atoms with E-state index >= 15 is 0 Å². The number of anilines is 1. The minimum absolute atomic E-state index is 0.0191. The maximum atomic E-state index is 12.5. The predicted molar refractivity (Wildman–Crippen MR) is 125 cm³/mol. The molecule has 2 aliphatic rings. The fourth-order valence-corrected chi connectivity index (χ4v) is 4.48. The third kappa shape index (κ3) is 5.55. The predicted octanol–water partition coefficient (Wildman–Crippen LogP) is -0.426. The van der Waals surface area contributed by atoms with E-state index in [1.165, 1.54) is 16.8 Å². The molecular formula is C22H27N7O6. The highest BCUT2D eigenvalue weighted by atomic mass is 16.6. The molecule has 2 N–H and O–H groups in total. The van der Waals surface area contributed by atoms with Crippen molar-refractivity contribution >= 4 is 23.3 Å². The third-order valence-electron chi connectivity index (χ3n) is 6.40. The molecule has 1 aliphatic carbocycles. The van der Waals surface area contributed by atoms with E-state index in [2.05, 4.69) is 15.3 Å². The van der Waals surface area contributed by atoms with E-state index in [1.807, 2.05) is 4.90 Å². The van der Waals surface area contributed by atoms with E-state index in [4.69, 9.17) is 0 Å².